The highest BCUT2D eigenvalue weighted by atomic mass is 15.1. The van der Waals surface area contributed by atoms with E-state index in [0.29, 0.717) is 0 Å². The van der Waals surface area contributed by atoms with Crippen LogP contribution in [0.4, 0.5) is 0 Å². The minimum Gasteiger partial charge on any atom is -0.316 e. The first kappa shape index (κ1) is 14.5. The Morgan fingerprint density at radius 2 is 2.11 bits per heavy atom. The second-order valence-corrected chi connectivity index (χ2v) is 5.71. The maximum Gasteiger partial charge on any atom is 0.0233 e. The Labute approximate surface area is 118 Å². The second-order valence-electron chi connectivity index (χ2n) is 5.71. The molecule has 1 N–H and O–H groups in total. The lowest BCUT2D eigenvalue weighted by Gasteiger charge is -2.25. The van der Waals surface area contributed by atoms with Crippen molar-refractivity contribution in [1.82, 2.24) is 10.2 Å². The van der Waals surface area contributed by atoms with Crippen LogP contribution in [0, 0.1) is 5.92 Å². The Morgan fingerprint density at radius 3 is 2.79 bits per heavy atom. The first-order valence-electron chi connectivity index (χ1n) is 7.85. The fourth-order valence-corrected chi connectivity index (χ4v) is 2.96. The Kier molecular flexibility index (Phi) is 6.38. The Balaban J connectivity index is 1.67. The number of rotatable bonds is 7. The van der Waals surface area contributed by atoms with Crippen molar-refractivity contribution in [2.45, 2.75) is 39.2 Å². The molecule has 19 heavy (non-hydrogen) atoms. The van der Waals surface area contributed by atoms with Gasteiger partial charge in [0, 0.05) is 6.54 Å². The molecule has 0 amide bonds. The third-order valence-corrected chi connectivity index (χ3v) is 4.18. The van der Waals surface area contributed by atoms with Crippen molar-refractivity contribution < 1.29 is 0 Å². The van der Waals surface area contributed by atoms with E-state index in [1.807, 2.05) is 0 Å². The summed E-state index contributed by atoms with van der Waals surface area (Å²) in [5.41, 5.74) is 1.43. The first-order valence-corrected chi connectivity index (χ1v) is 7.85. The molecule has 1 unspecified atom stereocenters. The van der Waals surface area contributed by atoms with Crippen LogP contribution < -0.4 is 5.32 Å². The van der Waals surface area contributed by atoms with Crippen LogP contribution in [0.15, 0.2) is 30.3 Å². The molecule has 2 nitrogen and oxygen atoms in total. The van der Waals surface area contributed by atoms with Crippen molar-refractivity contribution in [3.8, 4) is 0 Å². The molecule has 0 aliphatic carbocycles. The molecule has 1 atom stereocenters. The van der Waals surface area contributed by atoms with Gasteiger partial charge in [-0.05, 0) is 63.3 Å². The summed E-state index contributed by atoms with van der Waals surface area (Å²) in [7, 11) is 0. The first-order chi connectivity index (χ1) is 9.38. The van der Waals surface area contributed by atoms with Crippen molar-refractivity contribution >= 4 is 0 Å². The lowest BCUT2D eigenvalue weighted by atomic mass is 9.94. The van der Waals surface area contributed by atoms with Gasteiger partial charge in [-0.2, -0.15) is 0 Å². The van der Waals surface area contributed by atoms with Gasteiger partial charge in [-0.3, -0.25) is 4.90 Å². The normalized spacial score (nSPS) is 19.8. The van der Waals surface area contributed by atoms with Crippen molar-refractivity contribution in [2.75, 3.05) is 26.2 Å². The summed E-state index contributed by atoms with van der Waals surface area (Å²) in [5.74, 6) is 0.921. The van der Waals surface area contributed by atoms with E-state index in [0.717, 1.165) is 19.0 Å². The number of nitrogens with one attached hydrogen (secondary N) is 1. The highest BCUT2D eigenvalue weighted by Gasteiger charge is 2.13. The molecule has 2 rings (SSSR count). The van der Waals surface area contributed by atoms with Gasteiger partial charge in [-0.25, -0.2) is 0 Å². The van der Waals surface area contributed by atoms with Gasteiger partial charge in [0.1, 0.15) is 0 Å². The van der Waals surface area contributed by atoms with Gasteiger partial charge in [0.05, 0.1) is 0 Å². The molecule has 0 saturated carbocycles. The highest BCUT2D eigenvalue weighted by molar-refractivity contribution is 5.14. The lowest BCUT2D eigenvalue weighted by Crippen LogP contribution is -2.30. The second kappa shape index (κ2) is 8.34. The molecule has 1 saturated heterocycles. The summed E-state index contributed by atoms with van der Waals surface area (Å²) in [5, 5.41) is 3.51. The maximum atomic E-state index is 3.51. The van der Waals surface area contributed by atoms with Gasteiger partial charge in [0.15, 0.2) is 0 Å². The molecule has 0 aromatic heterocycles. The van der Waals surface area contributed by atoms with Crippen molar-refractivity contribution in [3.63, 3.8) is 0 Å². The monoisotopic (exact) mass is 260 g/mol. The molecule has 1 fully saturated rings. The van der Waals surface area contributed by atoms with Gasteiger partial charge >= 0.3 is 0 Å². The minimum absolute atomic E-state index is 0.921. The molecule has 0 radical (unpaired) electrons. The number of piperidine rings is 1. The van der Waals surface area contributed by atoms with Crippen LogP contribution in [-0.4, -0.2) is 31.1 Å². The third-order valence-electron chi connectivity index (χ3n) is 4.18. The molecule has 2 heteroatoms. The van der Waals surface area contributed by atoms with E-state index < -0.39 is 0 Å². The predicted molar refractivity (Wildman–Crippen MR) is 82.2 cm³/mol. The number of nitrogens with zero attached hydrogens (tertiary/aromatic N) is 1. The van der Waals surface area contributed by atoms with Crippen LogP contribution in [0.1, 0.15) is 38.2 Å². The Hall–Kier alpha value is -0.860. The number of hydrogen-bond donors (Lipinski definition) is 1. The zero-order valence-corrected chi connectivity index (χ0v) is 12.3. The Morgan fingerprint density at radius 1 is 1.26 bits per heavy atom. The molecular formula is C17H28N2. The maximum absolute atomic E-state index is 3.51. The van der Waals surface area contributed by atoms with Gasteiger partial charge < -0.3 is 5.32 Å². The van der Waals surface area contributed by atoms with Crippen LogP contribution >= 0.6 is 0 Å². The molecule has 1 aliphatic rings. The molecule has 0 bridgehead atoms. The standard InChI is InChI=1S/C17H28N2/c1-2-19(15-17-8-4-3-5-9-17)13-7-11-16-10-6-12-18-14-16/h3-5,8-9,16,18H,2,6-7,10-15H2,1H3. The van der Waals surface area contributed by atoms with Crippen molar-refractivity contribution in [3.05, 3.63) is 35.9 Å². The largest absolute Gasteiger partial charge is 0.316 e. The highest BCUT2D eigenvalue weighted by Crippen LogP contribution is 2.16. The number of benzene rings is 1. The fraction of sp³-hybridized carbons (Fsp3) is 0.647. The topological polar surface area (TPSA) is 15.3 Å². The predicted octanol–water partition coefficient (Wildman–Crippen LogP) is 3.29. The van der Waals surface area contributed by atoms with Gasteiger partial charge in [-0.15, -0.1) is 0 Å². The molecule has 106 valence electrons. The fourth-order valence-electron chi connectivity index (χ4n) is 2.96. The van der Waals surface area contributed by atoms with E-state index in [4.69, 9.17) is 0 Å². The number of hydrogen-bond acceptors (Lipinski definition) is 2. The van der Waals surface area contributed by atoms with E-state index in [2.05, 4.69) is 47.5 Å². The van der Waals surface area contributed by atoms with E-state index in [1.54, 1.807) is 0 Å². The van der Waals surface area contributed by atoms with E-state index in [1.165, 1.54) is 50.9 Å². The van der Waals surface area contributed by atoms with Crippen molar-refractivity contribution in [1.29, 1.82) is 0 Å². The zero-order chi connectivity index (χ0) is 13.3. The average molecular weight is 260 g/mol. The van der Waals surface area contributed by atoms with Crippen LogP contribution in [0.25, 0.3) is 0 Å². The summed E-state index contributed by atoms with van der Waals surface area (Å²) in [4.78, 5) is 2.56. The van der Waals surface area contributed by atoms with E-state index >= 15 is 0 Å². The van der Waals surface area contributed by atoms with E-state index in [-0.39, 0.29) is 0 Å². The SMILES string of the molecule is CCN(CCCC1CCCNC1)Cc1ccccc1. The molecule has 1 aromatic rings. The zero-order valence-electron chi connectivity index (χ0n) is 12.3. The van der Waals surface area contributed by atoms with E-state index in [9.17, 15) is 0 Å². The molecule has 1 aliphatic heterocycles. The third kappa shape index (κ3) is 5.33. The van der Waals surface area contributed by atoms with Gasteiger partial charge in [0.2, 0.25) is 0 Å². The molecule has 0 spiro atoms. The summed E-state index contributed by atoms with van der Waals surface area (Å²) in [6, 6.07) is 10.8. The summed E-state index contributed by atoms with van der Waals surface area (Å²) in [6.07, 6.45) is 5.52. The van der Waals surface area contributed by atoms with Crippen LogP contribution in [0.3, 0.4) is 0 Å². The average Bonchev–Trinajstić information content (AvgIpc) is 2.48. The van der Waals surface area contributed by atoms with Crippen LogP contribution in [0.2, 0.25) is 0 Å². The quantitative estimate of drug-likeness (QED) is 0.809. The lowest BCUT2D eigenvalue weighted by molar-refractivity contribution is 0.256. The smallest absolute Gasteiger partial charge is 0.0233 e. The summed E-state index contributed by atoms with van der Waals surface area (Å²) < 4.78 is 0. The molecule has 1 heterocycles. The van der Waals surface area contributed by atoms with Gasteiger partial charge in [0.25, 0.3) is 0 Å². The Bertz CT molecular complexity index is 330. The molecule has 1 aromatic carbocycles. The summed E-state index contributed by atoms with van der Waals surface area (Å²) >= 11 is 0. The molecular weight excluding hydrogens is 232 g/mol. The minimum atomic E-state index is 0.921. The van der Waals surface area contributed by atoms with Crippen LogP contribution in [0.5, 0.6) is 0 Å². The van der Waals surface area contributed by atoms with Crippen LogP contribution in [-0.2, 0) is 6.54 Å². The summed E-state index contributed by atoms with van der Waals surface area (Å²) in [6.45, 7) is 8.22. The van der Waals surface area contributed by atoms with Gasteiger partial charge in [-0.1, -0.05) is 37.3 Å². The van der Waals surface area contributed by atoms with Crippen molar-refractivity contribution in [2.24, 2.45) is 5.92 Å².